The first-order chi connectivity index (χ1) is 8.02. The zero-order chi connectivity index (χ0) is 12.8. The Hall–Kier alpha value is -1.40. The number of rotatable bonds is 6. The molecule has 0 atom stereocenters. The first kappa shape index (κ1) is 13.7. The number of nitrogens with one attached hydrogen (secondary N) is 1. The molecule has 0 fully saturated rings. The summed E-state index contributed by atoms with van der Waals surface area (Å²) < 4.78 is 5.06. The second-order valence-corrected chi connectivity index (χ2v) is 4.57. The van der Waals surface area contributed by atoms with E-state index in [-0.39, 0.29) is 5.69 Å². The number of nitrogens with two attached hydrogens (primary N) is 1. The third-order valence-corrected chi connectivity index (χ3v) is 2.44. The lowest BCUT2D eigenvalue weighted by Crippen LogP contribution is -2.30. The van der Waals surface area contributed by atoms with E-state index < -0.39 is 5.91 Å². The lowest BCUT2D eigenvalue weighted by atomic mass is 10.1. The molecule has 0 radical (unpaired) electrons. The molecule has 1 aromatic heterocycles. The molecule has 17 heavy (non-hydrogen) atoms. The van der Waals surface area contributed by atoms with Crippen LogP contribution in [-0.2, 0) is 6.54 Å². The molecule has 1 rings (SSSR count). The lowest BCUT2D eigenvalue weighted by molar-refractivity contribution is 0.0944. The van der Waals surface area contributed by atoms with Crippen LogP contribution >= 0.6 is 0 Å². The molecular formula is C11H20N4O2. The second-order valence-electron chi connectivity index (χ2n) is 4.57. The molecule has 1 heterocycles. The Morgan fingerprint density at radius 1 is 1.65 bits per heavy atom. The van der Waals surface area contributed by atoms with Crippen molar-refractivity contribution in [2.24, 2.45) is 11.8 Å². The van der Waals surface area contributed by atoms with Crippen LogP contribution in [0.2, 0.25) is 0 Å². The largest absolute Gasteiger partial charge is 0.359 e. The van der Waals surface area contributed by atoms with Gasteiger partial charge in [-0.2, -0.15) is 0 Å². The molecule has 0 aliphatic heterocycles. The standard InChI is InChI=1S/C11H20N4O2/c1-8(2)4-5-15(3)7-9-6-10(14-17-9)11(16)13-12/h6,8H,4-5,7,12H2,1-3H3,(H,13,16). The zero-order valence-electron chi connectivity index (χ0n) is 10.6. The van der Waals surface area contributed by atoms with Crippen LogP contribution in [0.1, 0.15) is 36.5 Å². The van der Waals surface area contributed by atoms with Gasteiger partial charge >= 0.3 is 0 Å². The molecule has 6 nitrogen and oxygen atoms in total. The molecule has 96 valence electrons. The SMILES string of the molecule is CC(C)CCN(C)Cc1cc(C(=O)NN)no1. The number of aromatic nitrogens is 1. The molecule has 3 N–H and O–H groups in total. The molecule has 1 amide bonds. The number of nitrogen functional groups attached to an aromatic ring is 1. The van der Waals surface area contributed by atoms with Gasteiger partial charge in [-0.05, 0) is 25.9 Å². The number of hydrogen-bond acceptors (Lipinski definition) is 5. The topological polar surface area (TPSA) is 84.4 Å². The van der Waals surface area contributed by atoms with Gasteiger partial charge in [0.1, 0.15) is 0 Å². The third kappa shape index (κ3) is 4.54. The summed E-state index contributed by atoms with van der Waals surface area (Å²) in [5.74, 6) is 5.90. The first-order valence-electron chi connectivity index (χ1n) is 5.68. The van der Waals surface area contributed by atoms with E-state index >= 15 is 0 Å². The Morgan fingerprint density at radius 2 is 2.35 bits per heavy atom. The minimum absolute atomic E-state index is 0.208. The minimum atomic E-state index is -0.440. The van der Waals surface area contributed by atoms with Gasteiger partial charge in [0.2, 0.25) is 0 Å². The maximum atomic E-state index is 11.2. The van der Waals surface area contributed by atoms with Gasteiger partial charge in [0.15, 0.2) is 11.5 Å². The number of hydrogen-bond donors (Lipinski definition) is 2. The van der Waals surface area contributed by atoms with Crippen LogP contribution in [0.15, 0.2) is 10.6 Å². The Bertz CT molecular complexity index is 362. The van der Waals surface area contributed by atoms with E-state index in [0.29, 0.717) is 18.2 Å². The third-order valence-electron chi connectivity index (χ3n) is 2.44. The highest BCUT2D eigenvalue weighted by molar-refractivity contribution is 5.91. The van der Waals surface area contributed by atoms with E-state index in [1.54, 1.807) is 6.07 Å². The highest BCUT2D eigenvalue weighted by Gasteiger charge is 2.12. The van der Waals surface area contributed by atoms with Gasteiger partial charge in [-0.3, -0.25) is 15.1 Å². The molecule has 0 bridgehead atoms. The number of carbonyl (C=O) groups is 1. The van der Waals surface area contributed by atoms with Crippen LogP contribution < -0.4 is 11.3 Å². The first-order valence-corrected chi connectivity index (χ1v) is 5.68. The van der Waals surface area contributed by atoms with Crippen molar-refractivity contribution in [2.45, 2.75) is 26.8 Å². The van der Waals surface area contributed by atoms with Crippen LogP contribution in [0.5, 0.6) is 0 Å². The molecule has 0 aliphatic carbocycles. The van der Waals surface area contributed by atoms with Crippen LogP contribution in [0.3, 0.4) is 0 Å². The summed E-state index contributed by atoms with van der Waals surface area (Å²) in [6.45, 7) is 5.99. The predicted molar refractivity (Wildman–Crippen MR) is 63.9 cm³/mol. The summed E-state index contributed by atoms with van der Waals surface area (Å²) >= 11 is 0. The normalized spacial score (nSPS) is 11.2. The van der Waals surface area contributed by atoms with Gasteiger partial charge in [-0.15, -0.1) is 0 Å². The summed E-state index contributed by atoms with van der Waals surface area (Å²) in [6.07, 6.45) is 1.13. The number of carbonyl (C=O) groups excluding carboxylic acids is 1. The Morgan fingerprint density at radius 3 is 2.94 bits per heavy atom. The summed E-state index contributed by atoms with van der Waals surface area (Å²) in [4.78, 5) is 13.3. The van der Waals surface area contributed by atoms with Crippen molar-refractivity contribution in [2.75, 3.05) is 13.6 Å². The number of amides is 1. The number of nitrogens with zero attached hydrogens (tertiary/aromatic N) is 2. The van der Waals surface area contributed by atoms with Crippen LogP contribution in [-0.4, -0.2) is 29.6 Å². The van der Waals surface area contributed by atoms with Crippen LogP contribution in [0.25, 0.3) is 0 Å². The van der Waals surface area contributed by atoms with E-state index in [1.807, 2.05) is 12.5 Å². The molecule has 0 aliphatic rings. The zero-order valence-corrected chi connectivity index (χ0v) is 10.6. The van der Waals surface area contributed by atoms with Gasteiger partial charge < -0.3 is 4.52 Å². The fraction of sp³-hybridized carbons (Fsp3) is 0.636. The van der Waals surface area contributed by atoms with E-state index in [4.69, 9.17) is 10.4 Å². The molecule has 0 saturated heterocycles. The van der Waals surface area contributed by atoms with Crippen molar-refractivity contribution in [3.63, 3.8) is 0 Å². The van der Waals surface area contributed by atoms with Crippen molar-refractivity contribution in [1.29, 1.82) is 0 Å². The smallest absolute Gasteiger partial charge is 0.287 e. The quantitative estimate of drug-likeness (QED) is 0.435. The van der Waals surface area contributed by atoms with E-state index in [0.717, 1.165) is 13.0 Å². The average Bonchev–Trinajstić information content (AvgIpc) is 2.73. The van der Waals surface area contributed by atoms with Crippen molar-refractivity contribution in [3.8, 4) is 0 Å². The second kappa shape index (κ2) is 6.36. The fourth-order valence-corrected chi connectivity index (χ4v) is 1.39. The summed E-state index contributed by atoms with van der Waals surface area (Å²) in [6, 6.07) is 1.61. The summed E-state index contributed by atoms with van der Waals surface area (Å²) in [7, 11) is 2.01. The Balaban J connectivity index is 2.46. The van der Waals surface area contributed by atoms with Gasteiger partial charge in [0.05, 0.1) is 6.54 Å². The van der Waals surface area contributed by atoms with Crippen molar-refractivity contribution >= 4 is 5.91 Å². The van der Waals surface area contributed by atoms with E-state index in [1.165, 1.54) is 0 Å². The molecule has 0 aromatic carbocycles. The fourth-order valence-electron chi connectivity index (χ4n) is 1.39. The van der Waals surface area contributed by atoms with Crippen LogP contribution in [0.4, 0.5) is 0 Å². The van der Waals surface area contributed by atoms with Gasteiger partial charge in [-0.25, -0.2) is 5.84 Å². The average molecular weight is 240 g/mol. The molecule has 0 unspecified atom stereocenters. The predicted octanol–water partition coefficient (Wildman–Crippen LogP) is 0.756. The number of hydrazine groups is 1. The summed E-state index contributed by atoms with van der Waals surface area (Å²) in [5.41, 5.74) is 2.22. The molecule has 0 spiro atoms. The highest BCUT2D eigenvalue weighted by Crippen LogP contribution is 2.08. The molecule has 1 aromatic rings. The van der Waals surface area contributed by atoms with Crippen LogP contribution in [0, 0.1) is 5.92 Å². The van der Waals surface area contributed by atoms with Gasteiger partial charge in [-0.1, -0.05) is 19.0 Å². The van der Waals surface area contributed by atoms with Crippen molar-refractivity contribution in [3.05, 3.63) is 17.5 Å². The van der Waals surface area contributed by atoms with Crippen molar-refractivity contribution in [1.82, 2.24) is 15.5 Å². The molecular weight excluding hydrogens is 220 g/mol. The maximum absolute atomic E-state index is 11.2. The van der Waals surface area contributed by atoms with Crippen molar-refractivity contribution < 1.29 is 9.32 Å². The van der Waals surface area contributed by atoms with Gasteiger partial charge in [0.25, 0.3) is 5.91 Å². The van der Waals surface area contributed by atoms with Gasteiger partial charge in [0, 0.05) is 6.07 Å². The van der Waals surface area contributed by atoms with E-state index in [9.17, 15) is 4.79 Å². The lowest BCUT2D eigenvalue weighted by Gasteiger charge is -2.15. The monoisotopic (exact) mass is 240 g/mol. The van der Waals surface area contributed by atoms with E-state index in [2.05, 4.69) is 23.9 Å². The minimum Gasteiger partial charge on any atom is -0.359 e. The highest BCUT2D eigenvalue weighted by atomic mass is 16.5. The molecule has 0 saturated carbocycles. The Kier molecular flexibility index (Phi) is 5.11. The summed E-state index contributed by atoms with van der Waals surface area (Å²) in [5, 5.41) is 3.64. The Labute approximate surface area is 101 Å². The molecule has 6 heteroatoms. The maximum Gasteiger partial charge on any atom is 0.287 e.